The van der Waals surface area contributed by atoms with Gasteiger partial charge in [-0.1, -0.05) is 60.8 Å². The topological polar surface area (TPSA) is 13.1 Å². The fraction of sp³-hybridized carbons (Fsp3) is 0.222. The van der Waals surface area contributed by atoms with Gasteiger partial charge in [-0.2, -0.15) is 0 Å². The van der Waals surface area contributed by atoms with Crippen molar-refractivity contribution in [3.63, 3.8) is 0 Å². The number of rotatable bonds is 4. The zero-order chi connectivity index (χ0) is 14.8. The van der Waals surface area contributed by atoms with Gasteiger partial charge in [0.05, 0.1) is 5.02 Å². The van der Waals surface area contributed by atoms with Crippen LogP contribution in [0.2, 0.25) is 10.0 Å². The first-order valence-corrected chi connectivity index (χ1v) is 7.92. The quantitative estimate of drug-likeness (QED) is 0.518. The first-order valence-electron chi connectivity index (χ1n) is 7.16. The average Bonchev–Trinajstić information content (AvgIpc) is 2.83. The van der Waals surface area contributed by atoms with Crippen LogP contribution in [0.25, 0.3) is 22.1 Å². The highest BCUT2D eigenvalue weighted by Crippen LogP contribution is 2.39. The van der Waals surface area contributed by atoms with Crippen molar-refractivity contribution in [3.05, 3.63) is 58.3 Å². The minimum Gasteiger partial charge on any atom is -0.460 e. The van der Waals surface area contributed by atoms with Crippen LogP contribution in [-0.2, 0) is 6.42 Å². The van der Waals surface area contributed by atoms with Crippen molar-refractivity contribution in [2.24, 2.45) is 0 Å². The normalized spacial score (nSPS) is 11.2. The van der Waals surface area contributed by atoms with Gasteiger partial charge in [-0.3, -0.25) is 0 Å². The highest BCUT2D eigenvalue weighted by Gasteiger charge is 2.17. The molecule has 0 radical (unpaired) electrons. The first-order chi connectivity index (χ1) is 10.2. The van der Waals surface area contributed by atoms with Crippen LogP contribution in [0.4, 0.5) is 0 Å². The third kappa shape index (κ3) is 2.81. The molecule has 108 valence electrons. The van der Waals surface area contributed by atoms with Gasteiger partial charge in [0.25, 0.3) is 0 Å². The fourth-order valence-electron chi connectivity index (χ4n) is 2.60. The highest BCUT2D eigenvalue weighted by atomic mass is 35.5. The zero-order valence-corrected chi connectivity index (χ0v) is 13.3. The fourth-order valence-corrected chi connectivity index (χ4v) is 3.10. The molecule has 3 rings (SSSR count). The number of benzene rings is 2. The molecule has 0 N–H and O–H groups in total. The molecule has 2 aromatic carbocycles. The zero-order valence-electron chi connectivity index (χ0n) is 11.8. The lowest BCUT2D eigenvalue weighted by Gasteiger charge is -2.06. The van der Waals surface area contributed by atoms with E-state index in [1.165, 1.54) is 0 Å². The van der Waals surface area contributed by atoms with E-state index in [0.29, 0.717) is 10.0 Å². The molecule has 0 spiro atoms. The predicted octanol–water partition coefficient (Wildman–Crippen LogP) is 6.75. The molecule has 0 amide bonds. The largest absolute Gasteiger partial charge is 0.460 e. The Morgan fingerprint density at radius 2 is 1.86 bits per heavy atom. The lowest BCUT2D eigenvalue weighted by Crippen LogP contribution is -1.87. The first kappa shape index (κ1) is 14.5. The van der Waals surface area contributed by atoms with E-state index in [4.69, 9.17) is 27.6 Å². The van der Waals surface area contributed by atoms with E-state index in [1.54, 1.807) is 6.07 Å². The molecule has 3 aromatic rings. The van der Waals surface area contributed by atoms with Crippen molar-refractivity contribution >= 4 is 34.2 Å². The number of halogens is 2. The molecule has 1 aromatic heterocycles. The smallest absolute Gasteiger partial charge is 0.134 e. The third-order valence-corrected chi connectivity index (χ3v) is 4.17. The van der Waals surface area contributed by atoms with E-state index in [1.807, 2.05) is 30.3 Å². The number of unbranched alkanes of at least 4 members (excludes halogenated alkanes) is 1. The lowest BCUT2D eigenvalue weighted by molar-refractivity contribution is 0.538. The van der Waals surface area contributed by atoms with Crippen LogP contribution in [0.3, 0.4) is 0 Å². The molecule has 0 unspecified atom stereocenters. The number of aryl methyl sites for hydroxylation is 1. The van der Waals surface area contributed by atoms with Crippen LogP contribution < -0.4 is 0 Å². The summed E-state index contributed by atoms with van der Waals surface area (Å²) in [7, 11) is 0. The van der Waals surface area contributed by atoms with E-state index in [0.717, 1.165) is 47.1 Å². The second kappa shape index (κ2) is 6.13. The summed E-state index contributed by atoms with van der Waals surface area (Å²) in [5.74, 6) is 1.00. The van der Waals surface area contributed by atoms with Gasteiger partial charge in [0, 0.05) is 28.0 Å². The molecule has 1 nitrogen and oxygen atoms in total. The molecule has 1 heterocycles. The molecular formula is C18H16Cl2O. The standard InChI is InChI=1S/C18H16Cl2O/c1-2-3-7-17-18(13-10-9-12(19)11-15(13)20)14-6-4-5-8-16(14)21-17/h4-6,8-11H,2-3,7H2,1H3. The van der Waals surface area contributed by atoms with Crippen LogP contribution >= 0.6 is 23.2 Å². The Balaban J connectivity index is 2.23. The molecule has 0 bridgehead atoms. The molecule has 0 saturated carbocycles. The minimum atomic E-state index is 0.645. The van der Waals surface area contributed by atoms with Crippen LogP contribution in [0, 0.1) is 0 Å². The minimum absolute atomic E-state index is 0.645. The maximum Gasteiger partial charge on any atom is 0.134 e. The van der Waals surface area contributed by atoms with E-state index in [-0.39, 0.29) is 0 Å². The number of fused-ring (bicyclic) bond motifs is 1. The summed E-state index contributed by atoms with van der Waals surface area (Å²) in [5, 5.41) is 2.41. The van der Waals surface area contributed by atoms with Gasteiger partial charge in [0.1, 0.15) is 11.3 Å². The monoisotopic (exact) mass is 318 g/mol. The predicted molar refractivity (Wildman–Crippen MR) is 90.3 cm³/mol. The van der Waals surface area contributed by atoms with Gasteiger partial charge < -0.3 is 4.42 Å². The van der Waals surface area contributed by atoms with E-state index in [9.17, 15) is 0 Å². The Bertz CT molecular complexity index is 774. The van der Waals surface area contributed by atoms with E-state index in [2.05, 4.69) is 13.0 Å². The molecule has 0 aliphatic rings. The molecule has 0 aliphatic heterocycles. The molecule has 0 fully saturated rings. The lowest BCUT2D eigenvalue weighted by atomic mass is 9.99. The summed E-state index contributed by atoms with van der Waals surface area (Å²) in [5.41, 5.74) is 2.99. The third-order valence-electron chi connectivity index (χ3n) is 3.63. The molecule has 0 atom stereocenters. The summed E-state index contributed by atoms with van der Waals surface area (Å²) >= 11 is 12.4. The number of furan rings is 1. The van der Waals surface area contributed by atoms with Gasteiger partial charge in [-0.05, 0) is 24.6 Å². The summed E-state index contributed by atoms with van der Waals surface area (Å²) in [6.07, 6.45) is 3.14. The van der Waals surface area contributed by atoms with Crippen molar-refractivity contribution in [1.82, 2.24) is 0 Å². The van der Waals surface area contributed by atoms with Crippen molar-refractivity contribution < 1.29 is 4.42 Å². The van der Waals surface area contributed by atoms with Crippen LogP contribution in [0.5, 0.6) is 0 Å². The van der Waals surface area contributed by atoms with Crippen LogP contribution in [-0.4, -0.2) is 0 Å². The summed E-state index contributed by atoms with van der Waals surface area (Å²) in [6, 6.07) is 13.7. The molecule has 21 heavy (non-hydrogen) atoms. The van der Waals surface area contributed by atoms with Crippen molar-refractivity contribution in [1.29, 1.82) is 0 Å². The van der Waals surface area contributed by atoms with Gasteiger partial charge in [-0.25, -0.2) is 0 Å². The number of hydrogen-bond donors (Lipinski definition) is 0. The molecular weight excluding hydrogens is 303 g/mol. The van der Waals surface area contributed by atoms with Crippen molar-refractivity contribution in [2.75, 3.05) is 0 Å². The van der Waals surface area contributed by atoms with Gasteiger partial charge in [0.15, 0.2) is 0 Å². The van der Waals surface area contributed by atoms with Crippen molar-refractivity contribution in [2.45, 2.75) is 26.2 Å². The maximum atomic E-state index is 6.40. The van der Waals surface area contributed by atoms with Gasteiger partial charge in [0.2, 0.25) is 0 Å². The summed E-state index contributed by atoms with van der Waals surface area (Å²) in [4.78, 5) is 0. The number of para-hydroxylation sites is 1. The Kier molecular flexibility index (Phi) is 4.23. The van der Waals surface area contributed by atoms with E-state index < -0.39 is 0 Å². The van der Waals surface area contributed by atoms with Gasteiger partial charge in [-0.15, -0.1) is 0 Å². The Morgan fingerprint density at radius 3 is 2.62 bits per heavy atom. The summed E-state index contributed by atoms with van der Waals surface area (Å²) < 4.78 is 6.05. The van der Waals surface area contributed by atoms with Crippen LogP contribution in [0.15, 0.2) is 46.9 Å². The SMILES string of the molecule is CCCCc1oc2ccccc2c1-c1ccc(Cl)cc1Cl. The van der Waals surface area contributed by atoms with Gasteiger partial charge >= 0.3 is 0 Å². The molecule has 3 heteroatoms. The Labute approximate surface area is 134 Å². The maximum absolute atomic E-state index is 6.40. The van der Waals surface area contributed by atoms with Crippen LogP contribution in [0.1, 0.15) is 25.5 Å². The van der Waals surface area contributed by atoms with Crippen molar-refractivity contribution in [3.8, 4) is 11.1 Å². The highest BCUT2D eigenvalue weighted by molar-refractivity contribution is 6.36. The second-order valence-corrected chi connectivity index (χ2v) is 5.97. The molecule has 0 aliphatic carbocycles. The van der Waals surface area contributed by atoms with E-state index >= 15 is 0 Å². The Hall–Kier alpha value is -1.44. The Morgan fingerprint density at radius 1 is 1.05 bits per heavy atom. The summed E-state index contributed by atoms with van der Waals surface area (Å²) in [6.45, 7) is 2.18. The number of hydrogen-bond acceptors (Lipinski definition) is 1. The second-order valence-electron chi connectivity index (χ2n) is 5.12. The average molecular weight is 319 g/mol. The molecule has 0 saturated heterocycles.